The highest BCUT2D eigenvalue weighted by atomic mass is 15.3. The van der Waals surface area contributed by atoms with Crippen LogP contribution >= 0.6 is 0 Å². The molecule has 2 heterocycles. The van der Waals surface area contributed by atoms with Crippen molar-refractivity contribution in [2.24, 2.45) is 5.84 Å². The third kappa shape index (κ3) is 3.24. The Balaban J connectivity index is 2.05. The molecule has 7 heteroatoms. The zero-order chi connectivity index (χ0) is 14.5. The molecule has 0 saturated heterocycles. The second kappa shape index (κ2) is 6.33. The molecule has 0 aliphatic carbocycles. The Morgan fingerprint density at radius 2 is 2.05 bits per heavy atom. The van der Waals surface area contributed by atoms with Crippen LogP contribution in [-0.2, 0) is 6.54 Å². The molecule has 0 radical (unpaired) electrons. The Bertz CT molecular complexity index is 562. The van der Waals surface area contributed by atoms with E-state index >= 15 is 0 Å². The zero-order valence-corrected chi connectivity index (χ0v) is 12.1. The molecule has 0 atom stereocenters. The van der Waals surface area contributed by atoms with Gasteiger partial charge in [-0.25, -0.2) is 15.8 Å². The molecule has 2 aromatic rings. The van der Waals surface area contributed by atoms with E-state index in [1.807, 2.05) is 24.0 Å². The van der Waals surface area contributed by atoms with E-state index in [-0.39, 0.29) is 5.92 Å². The molecule has 0 bridgehead atoms. The zero-order valence-electron chi connectivity index (χ0n) is 12.1. The lowest BCUT2D eigenvalue weighted by molar-refractivity contribution is 0.636. The van der Waals surface area contributed by atoms with Crippen LogP contribution in [0.3, 0.4) is 0 Å². The van der Waals surface area contributed by atoms with Gasteiger partial charge in [0, 0.05) is 18.3 Å². The summed E-state index contributed by atoms with van der Waals surface area (Å²) in [6.07, 6.45) is 5.36. The molecular weight excluding hydrogens is 254 g/mol. The van der Waals surface area contributed by atoms with Gasteiger partial charge in [0.25, 0.3) is 0 Å². The van der Waals surface area contributed by atoms with Crippen molar-refractivity contribution < 1.29 is 0 Å². The molecular formula is C13H21N7. The summed E-state index contributed by atoms with van der Waals surface area (Å²) in [6.45, 7) is 7.71. The number of aromatic nitrogens is 4. The Morgan fingerprint density at radius 3 is 2.65 bits per heavy atom. The molecule has 0 aliphatic heterocycles. The smallest absolute Gasteiger partial charge is 0.148 e. The standard InChI is InChI=1S/C13H21N7/c1-9(2)11-12(16-8-17-13(11)19-14)15-4-5-20-7-10(3)6-18-20/h6-9H,4-5,14H2,1-3H3,(H2,15,16,17,19). The van der Waals surface area contributed by atoms with E-state index in [0.717, 1.165) is 30.0 Å². The molecule has 4 N–H and O–H groups in total. The van der Waals surface area contributed by atoms with E-state index in [2.05, 4.69) is 39.7 Å². The van der Waals surface area contributed by atoms with Gasteiger partial charge in [-0.1, -0.05) is 13.8 Å². The van der Waals surface area contributed by atoms with E-state index < -0.39 is 0 Å². The van der Waals surface area contributed by atoms with E-state index in [1.165, 1.54) is 6.33 Å². The van der Waals surface area contributed by atoms with Crippen LogP contribution in [0.15, 0.2) is 18.7 Å². The van der Waals surface area contributed by atoms with Crippen molar-refractivity contribution in [3.05, 3.63) is 29.8 Å². The summed E-state index contributed by atoms with van der Waals surface area (Å²) in [7, 11) is 0. The summed E-state index contributed by atoms with van der Waals surface area (Å²) in [5, 5.41) is 7.57. The fourth-order valence-corrected chi connectivity index (χ4v) is 2.08. The number of nitrogens with two attached hydrogens (primary N) is 1. The van der Waals surface area contributed by atoms with Gasteiger partial charge in [0.2, 0.25) is 0 Å². The quantitative estimate of drug-likeness (QED) is 0.546. The van der Waals surface area contributed by atoms with Gasteiger partial charge in [-0.2, -0.15) is 5.10 Å². The molecule has 2 rings (SSSR count). The van der Waals surface area contributed by atoms with Crippen molar-refractivity contribution >= 4 is 11.6 Å². The summed E-state index contributed by atoms with van der Waals surface area (Å²) in [5.41, 5.74) is 4.77. The molecule has 2 aromatic heterocycles. The van der Waals surface area contributed by atoms with Crippen molar-refractivity contribution in [2.45, 2.75) is 33.2 Å². The van der Waals surface area contributed by atoms with Crippen LogP contribution in [0.5, 0.6) is 0 Å². The average molecular weight is 275 g/mol. The molecule has 0 spiro atoms. The largest absolute Gasteiger partial charge is 0.368 e. The van der Waals surface area contributed by atoms with E-state index in [9.17, 15) is 0 Å². The number of anilines is 2. The number of aryl methyl sites for hydroxylation is 1. The van der Waals surface area contributed by atoms with Crippen molar-refractivity contribution in [2.75, 3.05) is 17.3 Å². The van der Waals surface area contributed by atoms with Gasteiger partial charge in [0.05, 0.1) is 12.7 Å². The van der Waals surface area contributed by atoms with E-state index in [0.29, 0.717) is 5.82 Å². The van der Waals surface area contributed by atoms with E-state index in [1.54, 1.807) is 0 Å². The fourth-order valence-electron chi connectivity index (χ4n) is 2.08. The lowest BCUT2D eigenvalue weighted by Crippen LogP contribution is -2.17. The first kappa shape index (κ1) is 14.3. The summed E-state index contributed by atoms with van der Waals surface area (Å²) >= 11 is 0. The molecule has 108 valence electrons. The molecule has 0 fully saturated rings. The molecule has 20 heavy (non-hydrogen) atoms. The summed E-state index contributed by atoms with van der Waals surface area (Å²) < 4.78 is 1.90. The third-order valence-corrected chi connectivity index (χ3v) is 2.99. The predicted molar refractivity (Wildman–Crippen MR) is 79.4 cm³/mol. The van der Waals surface area contributed by atoms with Crippen LogP contribution < -0.4 is 16.6 Å². The minimum absolute atomic E-state index is 0.275. The summed E-state index contributed by atoms with van der Waals surface area (Å²) in [5.74, 6) is 7.24. The maximum absolute atomic E-state index is 5.50. The summed E-state index contributed by atoms with van der Waals surface area (Å²) in [6, 6.07) is 0. The first-order valence-corrected chi connectivity index (χ1v) is 6.66. The molecule has 0 amide bonds. The number of hydrogen-bond acceptors (Lipinski definition) is 6. The fraction of sp³-hybridized carbons (Fsp3) is 0.462. The number of nitrogens with one attached hydrogen (secondary N) is 2. The Hall–Kier alpha value is -2.15. The highest BCUT2D eigenvalue weighted by Crippen LogP contribution is 2.27. The highest BCUT2D eigenvalue weighted by molar-refractivity contribution is 5.58. The van der Waals surface area contributed by atoms with Gasteiger partial charge in [-0.05, 0) is 18.4 Å². The SMILES string of the molecule is Cc1cnn(CCNc2ncnc(NN)c2C(C)C)c1. The lowest BCUT2D eigenvalue weighted by Gasteiger charge is -2.16. The van der Waals surface area contributed by atoms with Crippen molar-refractivity contribution in [3.63, 3.8) is 0 Å². The topological polar surface area (TPSA) is 93.7 Å². The summed E-state index contributed by atoms with van der Waals surface area (Å²) in [4.78, 5) is 8.44. The van der Waals surface area contributed by atoms with Gasteiger partial charge in [-0.3, -0.25) is 4.68 Å². The van der Waals surface area contributed by atoms with Gasteiger partial charge < -0.3 is 10.7 Å². The van der Waals surface area contributed by atoms with Gasteiger partial charge in [0.15, 0.2) is 0 Å². The number of hydrazine groups is 1. The van der Waals surface area contributed by atoms with Crippen LogP contribution in [0.25, 0.3) is 0 Å². The van der Waals surface area contributed by atoms with Gasteiger partial charge in [0.1, 0.15) is 18.0 Å². The van der Waals surface area contributed by atoms with E-state index in [4.69, 9.17) is 5.84 Å². The minimum Gasteiger partial charge on any atom is -0.368 e. The van der Waals surface area contributed by atoms with Crippen LogP contribution in [0.4, 0.5) is 11.6 Å². The molecule has 7 nitrogen and oxygen atoms in total. The first-order chi connectivity index (χ1) is 9.61. The monoisotopic (exact) mass is 275 g/mol. The van der Waals surface area contributed by atoms with Gasteiger partial charge >= 0.3 is 0 Å². The van der Waals surface area contributed by atoms with Crippen LogP contribution in [0.2, 0.25) is 0 Å². The number of nitrogens with zero attached hydrogens (tertiary/aromatic N) is 4. The van der Waals surface area contributed by atoms with Crippen molar-refractivity contribution in [1.82, 2.24) is 19.7 Å². The number of hydrogen-bond donors (Lipinski definition) is 3. The lowest BCUT2D eigenvalue weighted by atomic mass is 10.0. The molecule has 0 aromatic carbocycles. The van der Waals surface area contributed by atoms with Crippen LogP contribution in [0, 0.1) is 6.92 Å². The second-order valence-electron chi connectivity index (χ2n) is 4.99. The van der Waals surface area contributed by atoms with Crippen molar-refractivity contribution in [3.8, 4) is 0 Å². The minimum atomic E-state index is 0.275. The molecule has 0 unspecified atom stereocenters. The maximum Gasteiger partial charge on any atom is 0.148 e. The first-order valence-electron chi connectivity index (χ1n) is 6.66. The normalized spacial score (nSPS) is 10.8. The highest BCUT2D eigenvalue weighted by Gasteiger charge is 2.13. The number of nitrogen functional groups attached to an aromatic ring is 1. The predicted octanol–water partition coefficient (Wildman–Crippen LogP) is 1.50. The molecule has 0 saturated carbocycles. The molecule has 0 aliphatic rings. The maximum atomic E-state index is 5.50. The average Bonchev–Trinajstić information content (AvgIpc) is 2.83. The number of rotatable bonds is 6. The Kier molecular flexibility index (Phi) is 4.52. The van der Waals surface area contributed by atoms with Gasteiger partial charge in [-0.15, -0.1) is 0 Å². The Labute approximate surface area is 118 Å². The Morgan fingerprint density at radius 1 is 1.30 bits per heavy atom. The van der Waals surface area contributed by atoms with Crippen LogP contribution in [0.1, 0.15) is 30.9 Å². The van der Waals surface area contributed by atoms with Crippen LogP contribution in [-0.4, -0.2) is 26.3 Å². The third-order valence-electron chi connectivity index (χ3n) is 2.99. The van der Waals surface area contributed by atoms with Crippen molar-refractivity contribution in [1.29, 1.82) is 0 Å². The second-order valence-corrected chi connectivity index (χ2v) is 4.99.